The van der Waals surface area contributed by atoms with E-state index in [9.17, 15) is 0 Å². The molecule has 0 saturated heterocycles. The summed E-state index contributed by atoms with van der Waals surface area (Å²) in [6.07, 6.45) is 0. The summed E-state index contributed by atoms with van der Waals surface area (Å²) in [4.78, 5) is 49.5. The summed E-state index contributed by atoms with van der Waals surface area (Å²) < 4.78 is 0. The predicted molar refractivity (Wildman–Crippen MR) is 62.2 cm³/mol. The smallest absolute Gasteiger partial charge is 0.356 e. The molecule has 0 bridgehead atoms. The van der Waals surface area contributed by atoms with E-state index in [4.69, 9.17) is 91.9 Å². The summed E-state index contributed by atoms with van der Waals surface area (Å²) in [7, 11) is 0. The summed E-state index contributed by atoms with van der Waals surface area (Å²) in [5, 5.41) is 88.5. The van der Waals surface area contributed by atoms with Gasteiger partial charge >= 0.3 is 74.5 Å². The van der Waals surface area contributed by atoms with Gasteiger partial charge in [-0.15, -0.1) is 0 Å². The minimum absolute atomic E-state index is 0. The van der Waals surface area contributed by atoms with Crippen molar-refractivity contribution in [3.63, 3.8) is 0 Å². The first kappa shape index (κ1) is 49.5. The van der Waals surface area contributed by atoms with Crippen molar-refractivity contribution in [2.75, 3.05) is 0 Å². The Morgan fingerprint density at radius 1 is 0.308 bits per heavy atom. The Balaban J connectivity index is -0.0000000245. The van der Waals surface area contributed by atoms with Crippen LogP contribution in [0, 0.1) is 134 Å². The molecule has 0 heterocycles. The van der Waals surface area contributed by atoms with E-state index in [0.717, 1.165) is 0 Å². The van der Waals surface area contributed by atoms with Crippen LogP contribution in [0.25, 0.3) is 0 Å². The second-order valence-corrected chi connectivity index (χ2v) is 1.34. The molecule has 0 aliphatic rings. The van der Waals surface area contributed by atoms with Crippen LogP contribution in [-0.2, 0) is 32.7 Å². The van der Waals surface area contributed by atoms with Crippen molar-refractivity contribution in [3.8, 4) is 0 Å². The van der Waals surface area contributed by atoms with E-state index in [1.54, 1.807) is 0 Å². The molecule has 0 spiro atoms. The van der Waals surface area contributed by atoms with Crippen LogP contribution in [-0.4, -0.2) is 30.5 Å². The van der Waals surface area contributed by atoms with Crippen LogP contribution in [0.3, 0.4) is 0 Å². The molecule has 26 heteroatoms. The Labute approximate surface area is 195 Å². The Hall–Kier alpha value is -2.32. The fraction of sp³-hybridized carbons (Fsp3) is 0. The molecule has 0 amide bonds. The van der Waals surface area contributed by atoms with E-state index in [1.165, 1.54) is 0 Å². The Morgan fingerprint density at radius 2 is 0.308 bits per heavy atom. The van der Waals surface area contributed by atoms with Crippen LogP contribution in [0.15, 0.2) is 0 Å². The topological polar surface area (TPSA) is 397 Å². The van der Waals surface area contributed by atoms with Crippen molar-refractivity contribution in [1.29, 1.82) is 0 Å². The molecule has 0 aliphatic carbocycles. The van der Waals surface area contributed by atoms with E-state index in [0.29, 0.717) is 0 Å². The van der Waals surface area contributed by atoms with E-state index in [1.807, 2.05) is 0 Å². The normalized spacial score (nSPS) is 5.54. The summed E-state index contributed by atoms with van der Waals surface area (Å²) in [6.45, 7) is 0. The van der Waals surface area contributed by atoms with E-state index >= 15 is 0 Å². The van der Waals surface area contributed by atoms with Gasteiger partial charge in [0, 0.05) is 0 Å². The molecule has 26 heavy (non-hydrogen) atoms. The molecular formula is CeN6O18Y. The SMILES string of the molecule is O=[N+]([O-])[O-].O=[N+]([O-])[O-].O=[N+]([O-])[O-].O=[N+]([O-])[O-].O=[N+]([O-])[O-].O=[N+]([O-])[O-].[Ce+3].[Y+3]. The molecule has 0 aliphatic heterocycles. The molecular weight excluding hydrogens is 601 g/mol. The number of hydrogen-bond donors (Lipinski definition) is 0. The fourth-order valence-electron chi connectivity index (χ4n) is 0. The molecule has 145 valence electrons. The number of nitrogens with zero attached hydrogens (tertiary/aromatic N) is 6. The molecule has 0 aromatic carbocycles. The minimum Gasteiger partial charge on any atom is -0.356 e. The average Bonchev–Trinajstić information content (AvgIpc) is 2.08. The van der Waals surface area contributed by atoms with Crippen LogP contribution in [0.1, 0.15) is 0 Å². The van der Waals surface area contributed by atoms with Crippen LogP contribution < -0.4 is 0 Å². The Morgan fingerprint density at radius 3 is 0.308 bits per heavy atom. The second kappa shape index (κ2) is 43.4. The van der Waals surface area contributed by atoms with E-state index < -0.39 is 30.5 Å². The third kappa shape index (κ3) is 1720. The van der Waals surface area contributed by atoms with Gasteiger partial charge in [0.15, 0.2) is 0 Å². The van der Waals surface area contributed by atoms with Crippen LogP contribution in [0.4, 0.5) is 0 Å². The number of hydrogen-bond acceptors (Lipinski definition) is 18. The summed E-state index contributed by atoms with van der Waals surface area (Å²) >= 11 is 0. The largest absolute Gasteiger partial charge is 3.00 e. The van der Waals surface area contributed by atoms with Crippen molar-refractivity contribution < 1.29 is 105 Å². The molecule has 24 nitrogen and oxygen atoms in total. The second-order valence-electron chi connectivity index (χ2n) is 1.34. The van der Waals surface area contributed by atoms with Gasteiger partial charge < -0.3 is 91.9 Å². The molecule has 0 N–H and O–H groups in total. The van der Waals surface area contributed by atoms with Crippen molar-refractivity contribution >= 4 is 0 Å². The van der Waals surface area contributed by atoms with Crippen molar-refractivity contribution in [1.82, 2.24) is 0 Å². The third-order valence-electron chi connectivity index (χ3n) is 0. The minimum atomic E-state index is -1.75. The van der Waals surface area contributed by atoms with Gasteiger partial charge in [0.05, 0.1) is 30.5 Å². The summed E-state index contributed by atoms with van der Waals surface area (Å²) in [6, 6.07) is 0. The van der Waals surface area contributed by atoms with Gasteiger partial charge in [0.1, 0.15) is 0 Å². The molecule has 0 fully saturated rings. The molecule has 0 rings (SSSR count). The molecule has 0 unspecified atom stereocenters. The standard InChI is InChI=1S/Ce.6NO3.Y/c;6*2-1(3)4;/q+3;6*-1;+3. The molecule has 0 aromatic heterocycles. The maximum absolute atomic E-state index is 8.25. The van der Waals surface area contributed by atoms with Crippen molar-refractivity contribution in [2.45, 2.75) is 0 Å². The van der Waals surface area contributed by atoms with Crippen molar-refractivity contribution in [2.24, 2.45) is 0 Å². The summed E-state index contributed by atoms with van der Waals surface area (Å²) in [5.74, 6) is 0. The van der Waals surface area contributed by atoms with Gasteiger partial charge in [-0.1, -0.05) is 0 Å². The fourth-order valence-corrected chi connectivity index (χ4v) is 0. The molecule has 0 aromatic rings. The van der Waals surface area contributed by atoms with Crippen LogP contribution in [0.5, 0.6) is 0 Å². The number of rotatable bonds is 0. The predicted octanol–water partition coefficient (Wildman–Crippen LogP) is -1.44. The zero-order chi connectivity index (χ0) is 21.5. The van der Waals surface area contributed by atoms with Crippen LogP contribution >= 0.6 is 0 Å². The van der Waals surface area contributed by atoms with Gasteiger partial charge in [0.25, 0.3) is 0 Å². The molecule has 0 saturated carbocycles. The first-order valence-electron chi connectivity index (χ1n) is 3.29. The maximum Gasteiger partial charge on any atom is 3.00 e. The zero-order valence-electron chi connectivity index (χ0n) is 11.1. The van der Waals surface area contributed by atoms with Crippen LogP contribution in [0.2, 0.25) is 0 Å². The third-order valence-corrected chi connectivity index (χ3v) is 0. The van der Waals surface area contributed by atoms with Gasteiger partial charge in [0.2, 0.25) is 0 Å². The van der Waals surface area contributed by atoms with E-state index in [2.05, 4.69) is 0 Å². The van der Waals surface area contributed by atoms with Gasteiger partial charge in [-0.25, -0.2) is 0 Å². The van der Waals surface area contributed by atoms with Gasteiger partial charge in [-0.3, -0.25) is 0 Å². The first-order chi connectivity index (χ1) is 10.4. The first-order valence-corrected chi connectivity index (χ1v) is 3.29. The Bertz CT molecular complexity index is 263. The Kier molecular flexibility index (Phi) is 82.6. The van der Waals surface area contributed by atoms with Crippen molar-refractivity contribution in [3.05, 3.63) is 91.9 Å². The zero-order valence-corrected chi connectivity index (χ0v) is 17.1. The quantitative estimate of drug-likeness (QED) is 0.226. The molecule has 1 radical (unpaired) electrons. The monoisotopic (exact) mass is 601 g/mol. The summed E-state index contributed by atoms with van der Waals surface area (Å²) in [5.41, 5.74) is 0. The maximum atomic E-state index is 8.25. The van der Waals surface area contributed by atoms with Gasteiger partial charge in [-0.05, 0) is 0 Å². The van der Waals surface area contributed by atoms with E-state index in [-0.39, 0.29) is 74.5 Å². The van der Waals surface area contributed by atoms with Gasteiger partial charge in [-0.2, -0.15) is 0 Å². The average molecular weight is 601 g/mol. The molecule has 0 atom stereocenters.